The summed E-state index contributed by atoms with van der Waals surface area (Å²) in [6.45, 7) is 1.84. The highest BCUT2D eigenvalue weighted by Gasteiger charge is 2.37. The number of nitrogens with zero attached hydrogens (tertiary/aromatic N) is 4. The number of hydrogen-bond acceptors (Lipinski definition) is 6. The fourth-order valence-corrected chi connectivity index (χ4v) is 3.71. The van der Waals surface area contributed by atoms with E-state index in [4.69, 9.17) is 5.73 Å². The number of anilines is 1. The number of carbonyl (C=O) groups is 2. The van der Waals surface area contributed by atoms with Gasteiger partial charge in [0.1, 0.15) is 5.69 Å². The Balaban J connectivity index is 1.48. The number of nitrogen functional groups attached to an aromatic ring is 1. The molecule has 2 heterocycles. The summed E-state index contributed by atoms with van der Waals surface area (Å²) >= 11 is 0. The number of nitrogens with two attached hydrogens (primary N) is 1. The van der Waals surface area contributed by atoms with Gasteiger partial charge in [-0.25, -0.2) is 9.48 Å². The number of nitrogens with one attached hydrogen (secondary N) is 2. The molecule has 33 heavy (non-hydrogen) atoms. The number of aromatic nitrogens is 5. The molecule has 3 aromatic rings. The third kappa shape index (κ3) is 4.38. The van der Waals surface area contributed by atoms with E-state index in [0.29, 0.717) is 18.9 Å². The first-order chi connectivity index (χ1) is 15.5. The maximum Gasteiger partial charge on any atom is 0.416 e. The number of hydrogen-bond donors (Lipinski definition) is 4. The SMILES string of the molecule is CC(NC(=O)C1CC(n2cc(-c3cc(C(F)(F)F)cc(C(=O)O)c3N)nn2)C1)c1cn[nH]c1. The summed E-state index contributed by atoms with van der Waals surface area (Å²) in [5.41, 5.74) is 4.37. The van der Waals surface area contributed by atoms with Crippen LogP contribution in [0.4, 0.5) is 18.9 Å². The molecule has 0 radical (unpaired) electrons. The van der Waals surface area contributed by atoms with Gasteiger partial charge in [-0.1, -0.05) is 5.21 Å². The zero-order valence-corrected chi connectivity index (χ0v) is 17.3. The lowest BCUT2D eigenvalue weighted by atomic mass is 9.79. The van der Waals surface area contributed by atoms with Gasteiger partial charge in [0.25, 0.3) is 0 Å². The lowest BCUT2D eigenvalue weighted by Crippen LogP contribution is -2.40. The number of halogens is 3. The van der Waals surface area contributed by atoms with E-state index >= 15 is 0 Å². The normalized spacial score (nSPS) is 19.0. The number of H-pyrrole nitrogens is 1. The van der Waals surface area contributed by atoms with Crippen molar-refractivity contribution in [2.45, 2.75) is 38.0 Å². The number of carboxylic acids is 1. The zero-order valence-electron chi connectivity index (χ0n) is 17.3. The van der Waals surface area contributed by atoms with Crippen LogP contribution >= 0.6 is 0 Å². The summed E-state index contributed by atoms with van der Waals surface area (Å²) in [6.07, 6.45) is 0.924. The number of aromatic amines is 1. The Bertz CT molecular complexity index is 1180. The maximum atomic E-state index is 13.2. The Hall–Kier alpha value is -3.90. The van der Waals surface area contributed by atoms with E-state index in [0.717, 1.165) is 11.6 Å². The summed E-state index contributed by atoms with van der Waals surface area (Å²) < 4.78 is 41.2. The molecule has 0 spiro atoms. The van der Waals surface area contributed by atoms with Gasteiger partial charge in [-0.3, -0.25) is 9.89 Å². The molecule has 5 N–H and O–H groups in total. The fourth-order valence-electron chi connectivity index (χ4n) is 3.71. The monoisotopic (exact) mass is 463 g/mol. The molecule has 174 valence electrons. The predicted octanol–water partition coefficient (Wildman–Crippen LogP) is 2.80. The number of benzene rings is 1. The van der Waals surface area contributed by atoms with E-state index in [1.54, 1.807) is 12.4 Å². The van der Waals surface area contributed by atoms with Gasteiger partial charge < -0.3 is 16.2 Å². The molecule has 0 saturated heterocycles. The number of rotatable bonds is 6. The van der Waals surface area contributed by atoms with E-state index in [2.05, 4.69) is 25.8 Å². The number of carboxylic acid groups (broad SMARTS) is 1. The average molecular weight is 463 g/mol. The van der Waals surface area contributed by atoms with Crippen LogP contribution in [-0.2, 0) is 11.0 Å². The zero-order chi connectivity index (χ0) is 23.9. The molecule has 1 amide bonds. The second kappa shape index (κ2) is 8.22. The molecule has 0 bridgehead atoms. The lowest BCUT2D eigenvalue weighted by molar-refractivity contribution is -0.137. The van der Waals surface area contributed by atoms with Crippen LogP contribution in [0.3, 0.4) is 0 Å². The molecule has 1 saturated carbocycles. The molecular formula is C20H20F3N7O3. The fraction of sp³-hybridized carbons (Fsp3) is 0.350. The number of carbonyl (C=O) groups excluding carboxylic acids is 1. The van der Waals surface area contributed by atoms with Gasteiger partial charge in [0, 0.05) is 23.2 Å². The van der Waals surface area contributed by atoms with Crippen molar-refractivity contribution in [3.8, 4) is 11.3 Å². The Labute approximate surface area is 185 Å². The molecule has 1 unspecified atom stereocenters. The minimum Gasteiger partial charge on any atom is -0.478 e. The highest BCUT2D eigenvalue weighted by Crippen LogP contribution is 2.40. The highest BCUT2D eigenvalue weighted by atomic mass is 19.4. The largest absolute Gasteiger partial charge is 0.478 e. The van der Waals surface area contributed by atoms with Gasteiger partial charge in [0.2, 0.25) is 5.91 Å². The third-order valence-electron chi connectivity index (χ3n) is 5.76. The third-order valence-corrected chi connectivity index (χ3v) is 5.76. The van der Waals surface area contributed by atoms with E-state index in [1.165, 1.54) is 10.9 Å². The van der Waals surface area contributed by atoms with Gasteiger partial charge in [-0.05, 0) is 31.9 Å². The van der Waals surface area contributed by atoms with Crippen molar-refractivity contribution in [1.82, 2.24) is 30.5 Å². The molecular weight excluding hydrogens is 443 g/mol. The van der Waals surface area contributed by atoms with E-state index < -0.39 is 23.3 Å². The van der Waals surface area contributed by atoms with Gasteiger partial charge in [0.05, 0.1) is 41.3 Å². The van der Waals surface area contributed by atoms with Crippen LogP contribution in [0.1, 0.15) is 53.3 Å². The highest BCUT2D eigenvalue weighted by molar-refractivity contribution is 5.98. The maximum absolute atomic E-state index is 13.2. The van der Waals surface area contributed by atoms with Crippen molar-refractivity contribution in [1.29, 1.82) is 0 Å². The van der Waals surface area contributed by atoms with Gasteiger partial charge in [-0.15, -0.1) is 5.10 Å². The summed E-state index contributed by atoms with van der Waals surface area (Å²) in [4.78, 5) is 23.8. The van der Waals surface area contributed by atoms with Crippen molar-refractivity contribution in [3.05, 3.63) is 47.4 Å². The molecule has 10 nitrogen and oxygen atoms in total. The minimum absolute atomic E-state index is 0.0163. The lowest BCUT2D eigenvalue weighted by Gasteiger charge is -2.34. The Morgan fingerprint density at radius 1 is 1.33 bits per heavy atom. The Kier molecular flexibility index (Phi) is 5.56. The molecule has 1 fully saturated rings. The van der Waals surface area contributed by atoms with Crippen LogP contribution in [0.5, 0.6) is 0 Å². The molecule has 1 aliphatic carbocycles. The van der Waals surface area contributed by atoms with Crippen molar-refractivity contribution in [2.75, 3.05) is 5.73 Å². The summed E-state index contributed by atoms with van der Waals surface area (Å²) in [5.74, 6) is -1.94. The van der Waals surface area contributed by atoms with Gasteiger partial charge in [0.15, 0.2) is 0 Å². The van der Waals surface area contributed by atoms with E-state index in [9.17, 15) is 27.9 Å². The second-order valence-corrected chi connectivity index (χ2v) is 7.96. The first-order valence-corrected chi connectivity index (χ1v) is 10.00. The number of aromatic carboxylic acids is 1. The minimum atomic E-state index is -4.76. The van der Waals surface area contributed by atoms with Crippen LogP contribution < -0.4 is 11.1 Å². The van der Waals surface area contributed by atoms with Crippen molar-refractivity contribution < 1.29 is 27.9 Å². The standard InChI is InChI=1S/C20H20F3N7O3/c1-9(11-6-25-26-7-11)27-18(31)10-2-13(3-10)30-8-16(28-29-30)14-4-12(20(21,22)23)5-15(17(14)24)19(32)33/h4-10,13H,2-3,24H2,1H3,(H,25,26)(H,27,31)(H,32,33). The molecule has 1 aromatic carbocycles. The van der Waals surface area contributed by atoms with Gasteiger partial charge in [-0.2, -0.15) is 18.3 Å². The summed E-state index contributed by atoms with van der Waals surface area (Å²) in [7, 11) is 0. The molecule has 1 atom stereocenters. The molecule has 4 rings (SSSR count). The summed E-state index contributed by atoms with van der Waals surface area (Å²) in [6, 6.07) is 0.869. The van der Waals surface area contributed by atoms with Crippen LogP contribution in [-0.4, -0.2) is 42.2 Å². The smallest absolute Gasteiger partial charge is 0.416 e. The first kappa shape index (κ1) is 22.3. The topological polar surface area (TPSA) is 152 Å². The Morgan fingerprint density at radius 2 is 2.06 bits per heavy atom. The molecule has 0 aliphatic heterocycles. The average Bonchev–Trinajstić information content (AvgIpc) is 3.38. The quantitative estimate of drug-likeness (QED) is 0.410. The second-order valence-electron chi connectivity index (χ2n) is 7.96. The first-order valence-electron chi connectivity index (χ1n) is 10.00. The Morgan fingerprint density at radius 3 is 2.67 bits per heavy atom. The molecule has 1 aliphatic rings. The van der Waals surface area contributed by atoms with Gasteiger partial charge >= 0.3 is 12.1 Å². The molecule has 13 heteroatoms. The van der Waals surface area contributed by atoms with Crippen LogP contribution in [0.25, 0.3) is 11.3 Å². The van der Waals surface area contributed by atoms with Crippen LogP contribution in [0.2, 0.25) is 0 Å². The van der Waals surface area contributed by atoms with Crippen LogP contribution in [0, 0.1) is 5.92 Å². The van der Waals surface area contributed by atoms with Crippen molar-refractivity contribution >= 4 is 17.6 Å². The van der Waals surface area contributed by atoms with Crippen molar-refractivity contribution in [3.63, 3.8) is 0 Å². The molecule has 2 aromatic heterocycles. The van der Waals surface area contributed by atoms with E-state index in [1.807, 2.05) is 6.92 Å². The van der Waals surface area contributed by atoms with E-state index in [-0.39, 0.29) is 40.9 Å². The number of amides is 1. The van der Waals surface area contributed by atoms with Crippen LogP contribution in [0.15, 0.2) is 30.7 Å². The predicted molar refractivity (Wildman–Crippen MR) is 109 cm³/mol. The summed E-state index contributed by atoms with van der Waals surface area (Å²) in [5, 5.41) is 26.5. The number of alkyl halides is 3. The van der Waals surface area contributed by atoms with Crippen molar-refractivity contribution in [2.24, 2.45) is 5.92 Å².